The van der Waals surface area contributed by atoms with E-state index in [-0.39, 0.29) is 17.3 Å². The van der Waals surface area contributed by atoms with Crippen molar-refractivity contribution in [1.82, 2.24) is 0 Å². The molecule has 4 aliphatic carbocycles. The number of rotatable bonds is 1. The lowest BCUT2D eigenvalue weighted by molar-refractivity contribution is -0.200. The van der Waals surface area contributed by atoms with E-state index in [0.717, 1.165) is 0 Å². The highest BCUT2D eigenvalue weighted by Crippen LogP contribution is 2.72. The van der Waals surface area contributed by atoms with Crippen molar-refractivity contribution in [2.45, 2.75) is 59.0 Å². The molecule has 4 heteroatoms. The summed E-state index contributed by atoms with van der Waals surface area (Å²) >= 11 is 0. The molecule has 0 aromatic rings. The number of amidine groups is 1. The van der Waals surface area contributed by atoms with E-state index in [1.54, 1.807) is 0 Å². The number of aliphatic imine (C=N–C) groups is 1. The normalized spacial score (nSPS) is 56.9. The number of amides is 1. The van der Waals surface area contributed by atoms with Crippen LogP contribution >= 0.6 is 0 Å². The van der Waals surface area contributed by atoms with Crippen molar-refractivity contribution in [3.05, 3.63) is 0 Å². The molecule has 1 heterocycles. The summed E-state index contributed by atoms with van der Waals surface area (Å²) in [6.07, 6.45) is 5.81. The van der Waals surface area contributed by atoms with E-state index >= 15 is 0 Å². The quantitative estimate of drug-likeness (QED) is 0.800. The molecule has 20 heavy (non-hydrogen) atoms. The lowest BCUT2D eigenvalue weighted by Crippen LogP contribution is -2.62. The van der Waals surface area contributed by atoms with Crippen molar-refractivity contribution < 1.29 is 9.53 Å². The molecular weight excluding hydrogens is 252 g/mol. The number of nitrogens with zero attached hydrogens (tertiary/aromatic N) is 1. The summed E-state index contributed by atoms with van der Waals surface area (Å²) < 4.78 is 5.61. The Morgan fingerprint density at radius 3 is 2.20 bits per heavy atom. The summed E-state index contributed by atoms with van der Waals surface area (Å²) in [5.74, 6) is 0.721. The Morgan fingerprint density at radius 2 is 1.75 bits per heavy atom. The lowest BCUT2D eigenvalue weighted by Gasteiger charge is -2.68. The molecule has 5 aliphatic rings. The molecule has 4 unspecified atom stereocenters. The van der Waals surface area contributed by atoms with Crippen LogP contribution in [0, 0.1) is 28.1 Å². The first-order valence-corrected chi connectivity index (χ1v) is 7.77. The summed E-state index contributed by atoms with van der Waals surface area (Å²) in [5, 5.41) is 0. The fraction of sp³-hybridized carbons (Fsp3) is 0.875. The van der Waals surface area contributed by atoms with Gasteiger partial charge in [-0.2, -0.15) is 4.99 Å². The molecule has 4 fully saturated rings. The lowest BCUT2D eigenvalue weighted by atomic mass is 9.37. The van der Waals surface area contributed by atoms with E-state index in [4.69, 9.17) is 10.5 Å². The van der Waals surface area contributed by atoms with Gasteiger partial charge in [0.1, 0.15) is 0 Å². The van der Waals surface area contributed by atoms with E-state index in [9.17, 15) is 4.79 Å². The van der Waals surface area contributed by atoms with Gasteiger partial charge >= 0.3 is 0 Å². The molecule has 0 aromatic carbocycles. The molecule has 110 valence electrons. The van der Waals surface area contributed by atoms with Crippen LogP contribution in [-0.2, 0) is 9.53 Å². The van der Waals surface area contributed by atoms with Crippen LogP contribution in [0.5, 0.6) is 0 Å². The second kappa shape index (κ2) is 3.40. The summed E-state index contributed by atoms with van der Waals surface area (Å²) in [6.45, 7) is 7.24. The molecule has 4 saturated carbocycles. The van der Waals surface area contributed by atoms with Crippen LogP contribution in [0.3, 0.4) is 0 Å². The van der Waals surface area contributed by atoms with Gasteiger partial charge in [-0.25, -0.2) is 0 Å². The van der Waals surface area contributed by atoms with Crippen molar-refractivity contribution in [3.63, 3.8) is 0 Å². The summed E-state index contributed by atoms with van der Waals surface area (Å²) in [7, 11) is 0. The Balaban J connectivity index is 1.72. The van der Waals surface area contributed by atoms with E-state index in [1.165, 1.54) is 32.1 Å². The van der Waals surface area contributed by atoms with Gasteiger partial charge in [0.15, 0.2) is 6.10 Å². The largest absolute Gasteiger partial charge is 0.451 e. The molecular formula is C16H24N2O2. The summed E-state index contributed by atoms with van der Waals surface area (Å²) in [5.41, 5.74) is 6.72. The minimum atomic E-state index is -0.419. The highest BCUT2D eigenvalue weighted by Gasteiger charge is 2.65. The second-order valence-corrected chi connectivity index (χ2v) is 8.83. The highest BCUT2D eigenvalue weighted by molar-refractivity contribution is 5.98. The fourth-order valence-corrected chi connectivity index (χ4v) is 7.07. The molecule has 4 atom stereocenters. The van der Waals surface area contributed by atoms with Gasteiger partial charge < -0.3 is 10.5 Å². The van der Waals surface area contributed by atoms with Gasteiger partial charge in [-0.3, -0.25) is 4.79 Å². The zero-order chi connectivity index (χ0) is 14.3. The Hall–Kier alpha value is -1.06. The third-order valence-corrected chi connectivity index (χ3v) is 6.38. The predicted octanol–water partition coefficient (Wildman–Crippen LogP) is 2.47. The third-order valence-electron chi connectivity index (χ3n) is 6.38. The van der Waals surface area contributed by atoms with Gasteiger partial charge in [-0.1, -0.05) is 20.8 Å². The van der Waals surface area contributed by atoms with Gasteiger partial charge in [-0.15, -0.1) is 0 Å². The van der Waals surface area contributed by atoms with Crippen LogP contribution in [0.15, 0.2) is 4.99 Å². The van der Waals surface area contributed by atoms with Crippen LogP contribution in [-0.4, -0.2) is 18.0 Å². The smallest absolute Gasteiger partial charge is 0.291 e. The molecule has 4 nitrogen and oxygen atoms in total. The minimum absolute atomic E-state index is 0.0647. The standard InChI is InChI=1S/C16H24N2O2/c1-14-4-9-5-15(2,6-14)8-16(3,7-14)10(9)11-12(19)18-13(17)20-11/h9-11H,4-8H2,1-3H3,(H2,17,18,19). The Labute approximate surface area is 120 Å². The first kappa shape index (κ1) is 12.7. The second-order valence-electron chi connectivity index (χ2n) is 8.83. The van der Waals surface area contributed by atoms with Crippen molar-refractivity contribution in [3.8, 4) is 0 Å². The van der Waals surface area contributed by atoms with E-state index in [1.807, 2.05) is 0 Å². The van der Waals surface area contributed by atoms with E-state index in [0.29, 0.717) is 22.7 Å². The zero-order valence-electron chi connectivity index (χ0n) is 12.6. The first-order chi connectivity index (χ1) is 9.22. The van der Waals surface area contributed by atoms with Crippen LogP contribution < -0.4 is 5.73 Å². The van der Waals surface area contributed by atoms with E-state index in [2.05, 4.69) is 25.8 Å². The van der Waals surface area contributed by atoms with Crippen LogP contribution in [0.1, 0.15) is 52.9 Å². The SMILES string of the molecule is CC12CC3CC(C)(C1)CC(C)(C2)C3C1OC(N)=NC1=O. The predicted molar refractivity (Wildman–Crippen MR) is 75.9 cm³/mol. The fourth-order valence-electron chi connectivity index (χ4n) is 7.07. The van der Waals surface area contributed by atoms with Gasteiger partial charge in [0.25, 0.3) is 11.9 Å². The monoisotopic (exact) mass is 276 g/mol. The van der Waals surface area contributed by atoms with Crippen LogP contribution in [0.4, 0.5) is 0 Å². The summed E-state index contributed by atoms with van der Waals surface area (Å²) in [6, 6.07) is 0.0647. The van der Waals surface area contributed by atoms with E-state index < -0.39 is 6.10 Å². The average Bonchev–Trinajstić information content (AvgIpc) is 2.51. The Bertz CT molecular complexity index is 509. The number of ether oxygens (including phenoxy) is 1. The molecule has 2 N–H and O–H groups in total. The minimum Gasteiger partial charge on any atom is -0.451 e. The molecule has 0 saturated heterocycles. The molecule has 1 amide bonds. The van der Waals surface area contributed by atoms with Crippen molar-refractivity contribution >= 4 is 11.9 Å². The average molecular weight is 276 g/mol. The van der Waals surface area contributed by atoms with Gasteiger partial charge in [0.2, 0.25) is 0 Å². The third kappa shape index (κ3) is 1.54. The van der Waals surface area contributed by atoms with Crippen molar-refractivity contribution in [2.75, 3.05) is 0 Å². The molecule has 5 rings (SSSR count). The zero-order valence-corrected chi connectivity index (χ0v) is 12.6. The maximum absolute atomic E-state index is 12.1. The first-order valence-electron chi connectivity index (χ1n) is 7.77. The summed E-state index contributed by atoms with van der Waals surface area (Å²) in [4.78, 5) is 15.9. The van der Waals surface area contributed by atoms with Gasteiger partial charge in [0.05, 0.1) is 0 Å². The molecule has 1 aliphatic heterocycles. The number of hydrogen-bond acceptors (Lipinski definition) is 3. The Morgan fingerprint density at radius 1 is 1.15 bits per heavy atom. The topological polar surface area (TPSA) is 64.7 Å². The molecule has 4 bridgehead atoms. The number of carbonyl (C=O) groups is 1. The maximum atomic E-state index is 12.1. The van der Waals surface area contributed by atoms with Crippen molar-refractivity contribution in [2.24, 2.45) is 38.8 Å². The number of carbonyl (C=O) groups excluding carboxylic acids is 1. The highest BCUT2D eigenvalue weighted by atomic mass is 16.5. The molecule has 0 spiro atoms. The number of nitrogens with two attached hydrogens (primary N) is 1. The maximum Gasteiger partial charge on any atom is 0.291 e. The van der Waals surface area contributed by atoms with Crippen LogP contribution in [0.25, 0.3) is 0 Å². The molecule has 0 aromatic heterocycles. The van der Waals surface area contributed by atoms with Crippen molar-refractivity contribution in [1.29, 1.82) is 0 Å². The Kier molecular flexibility index (Phi) is 2.15. The molecule has 0 radical (unpaired) electrons. The van der Waals surface area contributed by atoms with Crippen LogP contribution in [0.2, 0.25) is 0 Å². The van der Waals surface area contributed by atoms with Gasteiger partial charge in [-0.05, 0) is 54.3 Å². The van der Waals surface area contributed by atoms with Gasteiger partial charge in [0, 0.05) is 5.92 Å². The number of hydrogen-bond donors (Lipinski definition) is 1.